The van der Waals surface area contributed by atoms with Gasteiger partial charge in [-0.15, -0.1) is 0 Å². The number of hydrogen-bond donors (Lipinski definition) is 1. The van der Waals surface area contributed by atoms with Crippen LogP contribution in [-0.4, -0.2) is 6.54 Å². The third-order valence-electron chi connectivity index (χ3n) is 3.43. The van der Waals surface area contributed by atoms with Crippen LogP contribution in [0.25, 0.3) is 0 Å². The summed E-state index contributed by atoms with van der Waals surface area (Å²) < 4.78 is 2.21. The summed E-state index contributed by atoms with van der Waals surface area (Å²) in [5.41, 5.74) is 4.14. The highest BCUT2D eigenvalue weighted by atomic mass is 79.9. The summed E-state index contributed by atoms with van der Waals surface area (Å²) in [5.74, 6) is 0.645. The van der Waals surface area contributed by atoms with E-state index in [1.54, 1.807) is 0 Å². The molecule has 1 aliphatic carbocycles. The molecule has 0 saturated heterocycles. The number of fused-ring (bicyclic) bond motifs is 1. The molecule has 1 nitrogen and oxygen atoms in total. The van der Waals surface area contributed by atoms with E-state index in [9.17, 15) is 0 Å². The largest absolute Gasteiger partial charge is 0.383 e. The number of anilines is 1. The van der Waals surface area contributed by atoms with Crippen LogP contribution in [0.15, 0.2) is 51.4 Å². The first-order valence-corrected chi connectivity index (χ1v) is 7.59. The first kappa shape index (κ1) is 12.2. The Hall–Kier alpha value is -0.800. The van der Waals surface area contributed by atoms with E-state index in [2.05, 4.69) is 73.6 Å². The SMILES string of the molecule is Brc1ccc(Br)c(NCC2Cc3ccccc32)c1. The number of nitrogens with one attached hydrogen (secondary N) is 1. The molecule has 0 spiro atoms. The Kier molecular flexibility index (Phi) is 3.44. The smallest absolute Gasteiger partial charge is 0.0496 e. The summed E-state index contributed by atoms with van der Waals surface area (Å²) in [7, 11) is 0. The zero-order valence-corrected chi connectivity index (χ0v) is 13.0. The number of rotatable bonds is 3. The average molecular weight is 367 g/mol. The molecule has 1 N–H and O–H groups in total. The fraction of sp³-hybridized carbons (Fsp3) is 0.200. The molecule has 0 saturated carbocycles. The Morgan fingerprint density at radius 3 is 2.78 bits per heavy atom. The normalized spacial score (nSPS) is 16.9. The Morgan fingerprint density at radius 2 is 1.94 bits per heavy atom. The van der Waals surface area contributed by atoms with Crippen LogP contribution in [-0.2, 0) is 6.42 Å². The molecule has 3 heteroatoms. The van der Waals surface area contributed by atoms with Gasteiger partial charge in [-0.25, -0.2) is 0 Å². The number of halogens is 2. The third kappa shape index (κ3) is 2.34. The van der Waals surface area contributed by atoms with Gasteiger partial charge in [0.25, 0.3) is 0 Å². The van der Waals surface area contributed by atoms with Gasteiger partial charge in [-0.3, -0.25) is 0 Å². The van der Waals surface area contributed by atoms with Crippen LogP contribution in [0, 0.1) is 0 Å². The summed E-state index contributed by atoms with van der Waals surface area (Å²) in [6.45, 7) is 0.992. The lowest BCUT2D eigenvalue weighted by atomic mass is 9.77. The maximum atomic E-state index is 3.57. The quantitative estimate of drug-likeness (QED) is 0.809. The molecule has 2 aromatic carbocycles. The summed E-state index contributed by atoms with van der Waals surface area (Å²) in [6, 6.07) is 14.9. The van der Waals surface area contributed by atoms with Gasteiger partial charge in [-0.05, 0) is 51.7 Å². The molecule has 1 unspecified atom stereocenters. The predicted octanol–water partition coefficient (Wildman–Crippen LogP) is 4.96. The highest BCUT2D eigenvalue weighted by Gasteiger charge is 2.24. The highest BCUT2D eigenvalue weighted by molar-refractivity contribution is 9.11. The van der Waals surface area contributed by atoms with Crippen molar-refractivity contribution in [2.24, 2.45) is 0 Å². The first-order valence-electron chi connectivity index (χ1n) is 6.01. The van der Waals surface area contributed by atoms with Crippen LogP contribution in [0.3, 0.4) is 0 Å². The fourth-order valence-electron chi connectivity index (χ4n) is 2.41. The van der Waals surface area contributed by atoms with Crippen molar-refractivity contribution >= 4 is 37.5 Å². The fourth-order valence-corrected chi connectivity index (χ4v) is 3.16. The molecular weight excluding hydrogens is 354 g/mol. The van der Waals surface area contributed by atoms with Gasteiger partial charge in [-0.2, -0.15) is 0 Å². The summed E-state index contributed by atoms with van der Waals surface area (Å²) in [5, 5.41) is 3.52. The predicted molar refractivity (Wildman–Crippen MR) is 83.2 cm³/mol. The van der Waals surface area contributed by atoms with E-state index in [4.69, 9.17) is 0 Å². The van der Waals surface area contributed by atoms with Crippen molar-refractivity contribution in [3.05, 3.63) is 62.5 Å². The molecule has 18 heavy (non-hydrogen) atoms. The highest BCUT2D eigenvalue weighted by Crippen LogP contribution is 2.35. The molecule has 1 atom stereocenters. The molecular formula is C15H13Br2N. The molecule has 2 aromatic rings. The molecule has 92 valence electrons. The number of hydrogen-bond acceptors (Lipinski definition) is 1. The molecule has 0 aliphatic heterocycles. The van der Waals surface area contributed by atoms with E-state index < -0.39 is 0 Å². The van der Waals surface area contributed by atoms with Crippen molar-refractivity contribution in [3.63, 3.8) is 0 Å². The lowest BCUT2D eigenvalue weighted by Gasteiger charge is -2.30. The third-order valence-corrected chi connectivity index (χ3v) is 4.61. The molecule has 0 heterocycles. The van der Waals surface area contributed by atoms with Crippen LogP contribution in [0.1, 0.15) is 17.0 Å². The Balaban J connectivity index is 1.68. The topological polar surface area (TPSA) is 12.0 Å². The van der Waals surface area contributed by atoms with Crippen LogP contribution in [0.4, 0.5) is 5.69 Å². The van der Waals surface area contributed by atoms with Crippen molar-refractivity contribution in [1.82, 2.24) is 0 Å². The lowest BCUT2D eigenvalue weighted by Crippen LogP contribution is -2.24. The molecule has 3 rings (SSSR count). The maximum absolute atomic E-state index is 3.57. The van der Waals surface area contributed by atoms with Crippen molar-refractivity contribution in [2.75, 3.05) is 11.9 Å². The molecule has 0 bridgehead atoms. The van der Waals surface area contributed by atoms with Crippen molar-refractivity contribution < 1.29 is 0 Å². The average Bonchev–Trinajstić information content (AvgIpc) is 2.34. The Labute approximate surface area is 124 Å². The van der Waals surface area contributed by atoms with Crippen LogP contribution >= 0.6 is 31.9 Å². The van der Waals surface area contributed by atoms with Gasteiger partial charge in [0, 0.05) is 27.1 Å². The molecule has 1 aliphatic rings. The standard InChI is InChI=1S/C15H13Br2N/c16-12-5-6-14(17)15(8-12)18-9-11-7-10-3-1-2-4-13(10)11/h1-6,8,11,18H,7,9H2. The van der Waals surface area contributed by atoms with Gasteiger partial charge in [0.05, 0.1) is 0 Å². The summed E-state index contributed by atoms with van der Waals surface area (Å²) in [6.07, 6.45) is 1.19. The molecule has 0 aromatic heterocycles. The minimum Gasteiger partial charge on any atom is -0.383 e. The van der Waals surface area contributed by atoms with E-state index in [0.717, 1.165) is 21.2 Å². The van der Waals surface area contributed by atoms with Gasteiger partial charge in [0.1, 0.15) is 0 Å². The second-order valence-corrected chi connectivity index (χ2v) is 6.37. The zero-order chi connectivity index (χ0) is 12.5. The summed E-state index contributed by atoms with van der Waals surface area (Å²) >= 11 is 7.07. The summed E-state index contributed by atoms with van der Waals surface area (Å²) in [4.78, 5) is 0. The van der Waals surface area contributed by atoms with Gasteiger partial charge >= 0.3 is 0 Å². The van der Waals surface area contributed by atoms with Gasteiger partial charge in [0.15, 0.2) is 0 Å². The van der Waals surface area contributed by atoms with Crippen molar-refractivity contribution in [2.45, 2.75) is 12.3 Å². The second kappa shape index (κ2) is 5.06. The van der Waals surface area contributed by atoms with Gasteiger partial charge in [0.2, 0.25) is 0 Å². The maximum Gasteiger partial charge on any atom is 0.0496 e. The minimum atomic E-state index is 0.645. The minimum absolute atomic E-state index is 0.645. The Morgan fingerprint density at radius 1 is 1.11 bits per heavy atom. The number of benzene rings is 2. The lowest BCUT2D eigenvalue weighted by molar-refractivity contribution is 0.635. The van der Waals surface area contributed by atoms with Crippen LogP contribution in [0.5, 0.6) is 0 Å². The Bertz CT molecular complexity index is 580. The molecule has 0 fully saturated rings. The van der Waals surface area contributed by atoms with Crippen LogP contribution < -0.4 is 5.32 Å². The van der Waals surface area contributed by atoms with E-state index in [1.165, 1.54) is 17.5 Å². The first-order chi connectivity index (χ1) is 8.74. The van der Waals surface area contributed by atoms with E-state index in [-0.39, 0.29) is 0 Å². The second-order valence-electron chi connectivity index (χ2n) is 4.60. The zero-order valence-electron chi connectivity index (χ0n) is 9.79. The van der Waals surface area contributed by atoms with Crippen molar-refractivity contribution in [1.29, 1.82) is 0 Å². The van der Waals surface area contributed by atoms with E-state index >= 15 is 0 Å². The van der Waals surface area contributed by atoms with Gasteiger partial charge < -0.3 is 5.32 Å². The van der Waals surface area contributed by atoms with Gasteiger partial charge in [-0.1, -0.05) is 40.2 Å². The van der Waals surface area contributed by atoms with Crippen molar-refractivity contribution in [3.8, 4) is 0 Å². The van der Waals surface area contributed by atoms with Crippen LogP contribution in [0.2, 0.25) is 0 Å². The monoisotopic (exact) mass is 365 g/mol. The molecule has 0 amide bonds. The van der Waals surface area contributed by atoms with E-state index in [0.29, 0.717) is 5.92 Å². The van der Waals surface area contributed by atoms with E-state index in [1.807, 2.05) is 6.07 Å². The molecule has 0 radical (unpaired) electrons.